The van der Waals surface area contributed by atoms with Crippen LogP contribution in [0.15, 0.2) is 38.3 Å². The van der Waals surface area contributed by atoms with Crippen LogP contribution in [0.4, 0.5) is 0 Å². The standard InChI is InChI=1S/C15H9Br2N5O2/c1-7(23)24-15-10(17)5-9(16)13-14(15)20-11-3-2-8(6-19-22-18)4-12(11)21-13/h2-5H,6H2,1H3. The summed E-state index contributed by atoms with van der Waals surface area (Å²) in [6.45, 7) is 1.57. The maximum Gasteiger partial charge on any atom is 0.308 e. The smallest absolute Gasteiger partial charge is 0.308 e. The van der Waals surface area contributed by atoms with Crippen molar-refractivity contribution in [2.45, 2.75) is 13.5 Å². The molecule has 0 atom stereocenters. The van der Waals surface area contributed by atoms with E-state index in [9.17, 15) is 4.79 Å². The van der Waals surface area contributed by atoms with Gasteiger partial charge >= 0.3 is 5.97 Å². The second-order valence-corrected chi connectivity index (χ2v) is 6.60. The maximum absolute atomic E-state index is 11.4. The van der Waals surface area contributed by atoms with Gasteiger partial charge in [-0.25, -0.2) is 9.97 Å². The number of esters is 1. The molecule has 120 valence electrons. The van der Waals surface area contributed by atoms with Gasteiger partial charge in [-0.2, -0.15) is 0 Å². The molecule has 0 fully saturated rings. The fourth-order valence-corrected chi connectivity index (χ4v) is 3.55. The molecule has 7 nitrogen and oxygen atoms in total. The van der Waals surface area contributed by atoms with Crippen LogP contribution in [-0.2, 0) is 11.3 Å². The third-order valence-corrected chi connectivity index (χ3v) is 4.40. The van der Waals surface area contributed by atoms with Gasteiger partial charge in [-0.1, -0.05) is 11.2 Å². The minimum Gasteiger partial charge on any atom is -0.423 e. The highest BCUT2D eigenvalue weighted by atomic mass is 79.9. The van der Waals surface area contributed by atoms with Crippen LogP contribution in [0.5, 0.6) is 5.75 Å². The molecule has 3 aromatic rings. The van der Waals surface area contributed by atoms with Gasteiger partial charge in [0.05, 0.1) is 22.1 Å². The molecule has 1 aromatic heterocycles. The summed E-state index contributed by atoms with van der Waals surface area (Å²) in [5.41, 5.74) is 11.6. The van der Waals surface area contributed by atoms with Gasteiger partial charge in [-0.3, -0.25) is 4.79 Å². The van der Waals surface area contributed by atoms with Crippen LogP contribution >= 0.6 is 31.9 Å². The van der Waals surface area contributed by atoms with E-state index in [2.05, 4.69) is 51.9 Å². The largest absolute Gasteiger partial charge is 0.423 e. The number of hydrogen-bond donors (Lipinski definition) is 0. The summed E-state index contributed by atoms with van der Waals surface area (Å²) in [5.74, 6) is -0.112. The first kappa shape index (κ1) is 16.6. The first-order chi connectivity index (χ1) is 11.5. The van der Waals surface area contributed by atoms with E-state index in [-0.39, 0.29) is 6.54 Å². The van der Waals surface area contributed by atoms with Crippen molar-refractivity contribution < 1.29 is 9.53 Å². The van der Waals surface area contributed by atoms with Crippen LogP contribution in [0.25, 0.3) is 32.5 Å². The number of azide groups is 1. The summed E-state index contributed by atoms with van der Waals surface area (Å²) >= 11 is 6.83. The fourth-order valence-electron chi connectivity index (χ4n) is 2.24. The Balaban J connectivity index is 2.28. The van der Waals surface area contributed by atoms with Crippen molar-refractivity contribution in [3.8, 4) is 5.75 Å². The third kappa shape index (κ3) is 3.19. The molecule has 0 aliphatic heterocycles. The minimum absolute atomic E-state index is 0.242. The predicted octanol–water partition coefficient (Wildman–Crippen LogP) is 5.04. The second-order valence-electron chi connectivity index (χ2n) is 4.90. The lowest BCUT2D eigenvalue weighted by Crippen LogP contribution is -2.04. The first-order valence-corrected chi connectivity index (χ1v) is 8.36. The number of fused-ring (bicyclic) bond motifs is 2. The molecular formula is C15H9Br2N5O2. The van der Waals surface area contributed by atoms with Gasteiger partial charge in [0.2, 0.25) is 0 Å². The first-order valence-electron chi connectivity index (χ1n) is 6.77. The predicted molar refractivity (Wildman–Crippen MR) is 96.6 cm³/mol. The zero-order chi connectivity index (χ0) is 17.3. The molecule has 9 heteroatoms. The number of benzene rings is 2. The third-order valence-electron chi connectivity index (χ3n) is 3.20. The molecule has 0 N–H and O–H groups in total. The lowest BCUT2D eigenvalue weighted by atomic mass is 10.2. The Hall–Kier alpha value is -2.22. The quantitative estimate of drug-likeness (QED) is 0.139. The van der Waals surface area contributed by atoms with Crippen LogP contribution in [0.3, 0.4) is 0 Å². The average Bonchev–Trinajstić information content (AvgIpc) is 2.55. The van der Waals surface area contributed by atoms with Crippen molar-refractivity contribution in [1.29, 1.82) is 0 Å². The van der Waals surface area contributed by atoms with E-state index >= 15 is 0 Å². The number of hydrogen-bond acceptors (Lipinski definition) is 5. The molecule has 0 aliphatic rings. The summed E-state index contributed by atoms with van der Waals surface area (Å²) in [7, 11) is 0. The highest BCUT2D eigenvalue weighted by molar-refractivity contribution is 9.11. The second kappa shape index (κ2) is 6.72. The highest BCUT2D eigenvalue weighted by Crippen LogP contribution is 2.37. The summed E-state index contributed by atoms with van der Waals surface area (Å²) in [6, 6.07) is 7.17. The number of nitrogens with zero attached hydrogens (tertiary/aromatic N) is 5. The number of rotatable bonds is 3. The van der Waals surface area contributed by atoms with Crippen LogP contribution in [-0.4, -0.2) is 15.9 Å². The Morgan fingerprint density at radius 3 is 2.67 bits per heavy atom. The van der Waals surface area contributed by atoms with Gasteiger partial charge in [0.1, 0.15) is 11.0 Å². The molecule has 0 spiro atoms. The summed E-state index contributed by atoms with van der Waals surface area (Å²) in [6.07, 6.45) is 0. The number of halogens is 2. The molecule has 3 rings (SSSR count). The molecule has 1 heterocycles. The number of aromatic nitrogens is 2. The van der Waals surface area contributed by atoms with Crippen LogP contribution < -0.4 is 4.74 Å². The van der Waals surface area contributed by atoms with Crippen LogP contribution in [0, 0.1) is 0 Å². The van der Waals surface area contributed by atoms with E-state index in [1.165, 1.54) is 6.92 Å². The maximum atomic E-state index is 11.4. The molecule has 0 unspecified atom stereocenters. The highest BCUT2D eigenvalue weighted by Gasteiger charge is 2.16. The summed E-state index contributed by atoms with van der Waals surface area (Å²) in [5, 5.41) is 3.55. The molecule has 0 bridgehead atoms. The van der Waals surface area contributed by atoms with Gasteiger partial charge in [-0.15, -0.1) is 0 Å². The topological polar surface area (TPSA) is 101 Å². The molecule has 24 heavy (non-hydrogen) atoms. The van der Waals surface area contributed by atoms with Crippen molar-refractivity contribution in [2.24, 2.45) is 5.11 Å². The minimum atomic E-state index is -0.439. The van der Waals surface area contributed by atoms with Crippen molar-refractivity contribution in [2.75, 3.05) is 0 Å². The van der Waals surface area contributed by atoms with E-state index in [1.807, 2.05) is 12.1 Å². The van der Waals surface area contributed by atoms with E-state index in [0.29, 0.717) is 32.3 Å². The SMILES string of the molecule is CC(=O)Oc1c(Br)cc(Br)c2nc3cc(CN=[N+]=[N-])ccc3nc12. The fraction of sp³-hybridized carbons (Fsp3) is 0.133. The van der Waals surface area contributed by atoms with Gasteiger partial charge < -0.3 is 4.74 Å². The van der Waals surface area contributed by atoms with Crippen LogP contribution in [0.2, 0.25) is 0 Å². The summed E-state index contributed by atoms with van der Waals surface area (Å²) < 4.78 is 6.59. The van der Waals surface area contributed by atoms with Gasteiger partial charge in [0.25, 0.3) is 0 Å². The van der Waals surface area contributed by atoms with Crippen molar-refractivity contribution in [3.63, 3.8) is 0 Å². The van der Waals surface area contributed by atoms with Gasteiger partial charge in [0.15, 0.2) is 5.75 Å². The molecule has 0 radical (unpaired) electrons. The molecule has 0 saturated heterocycles. The molecule has 0 saturated carbocycles. The van der Waals surface area contributed by atoms with E-state index in [0.717, 1.165) is 10.0 Å². The van der Waals surface area contributed by atoms with Crippen molar-refractivity contribution >= 4 is 59.9 Å². The van der Waals surface area contributed by atoms with Crippen LogP contribution in [0.1, 0.15) is 12.5 Å². The molecule has 0 aliphatic carbocycles. The van der Waals surface area contributed by atoms with E-state index in [1.54, 1.807) is 12.1 Å². The Bertz CT molecular complexity index is 1030. The number of carbonyl (C=O) groups is 1. The van der Waals surface area contributed by atoms with E-state index < -0.39 is 5.97 Å². The van der Waals surface area contributed by atoms with Gasteiger partial charge in [0, 0.05) is 16.3 Å². The van der Waals surface area contributed by atoms with E-state index in [4.69, 9.17) is 10.3 Å². The Morgan fingerprint density at radius 1 is 1.21 bits per heavy atom. The van der Waals surface area contributed by atoms with Crippen molar-refractivity contribution in [3.05, 3.63) is 49.2 Å². The summed E-state index contributed by atoms with van der Waals surface area (Å²) in [4.78, 5) is 23.3. The Morgan fingerprint density at radius 2 is 1.96 bits per heavy atom. The monoisotopic (exact) mass is 449 g/mol. The average molecular weight is 451 g/mol. The lowest BCUT2D eigenvalue weighted by Gasteiger charge is -2.10. The Labute approximate surface area is 152 Å². The van der Waals surface area contributed by atoms with Gasteiger partial charge in [-0.05, 0) is 61.2 Å². The van der Waals surface area contributed by atoms with Crippen molar-refractivity contribution in [1.82, 2.24) is 9.97 Å². The normalized spacial score (nSPS) is 10.6. The Kier molecular flexibility index (Phi) is 4.66. The zero-order valence-electron chi connectivity index (χ0n) is 12.3. The number of ether oxygens (including phenoxy) is 1. The molecule has 0 amide bonds. The molecular weight excluding hydrogens is 442 g/mol. The lowest BCUT2D eigenvalue weighted by molar-refractivity contribution is -0.131. The number of carbonyl (C=O) groups excluding carboxylic acids is 1. The zero-order valence-corrected chi connectivity index (χ0v) is 15.5. The molecule has 2 aromatic carbocycles.